The van der Waals surface area contributed by atoms with Crippen LogP contribution in [0.25, 0.3) is 6.08 Å². The lowest BCUT2D eigenvalue weighted by atomic mass is 10.1. The summed E-state index contributed by atoms with van der Waals surface area (Å²) in [7, 11) is -5.85. The van der Waals surface area contributed by atoms with Gasteiger partial charge in [0.1, 0.15) is 14.5 Å². The molecule has 2 N–H and O–H groups in total. The number of hydrogen-bond acceptors (Lipinski definition) is 5. The zero-order chi connectivity index (χ0) is 15.2. The van der Waals surface area contributed by atoms with Gasteiger partial charge >= 0.3 is 0 Å². The maximum atomic E-state index is 11.1. The van der Waals surface area contributed by atoms with Crippen LogP contribution in [0.4, 0.5) is 5.69 Å². The number of nitrogen functional groups attached to an aromatic ring is 1. The van der Waals surface area contributed by atoms with Crippen LogP contribution in [0, 0.1) is 21.7 Å². The molecule has 1 atom stereocenters. The first kappa shape index (κ1) is 14.5. The summed E-state index contributed by atoms with van der Waals surface area (Å²) >= 11 is 0. The summed E-state index contributed by atoms with van der Waals surface area (Å²) in [6, 6.07) is 10.7. The fourth-order valence-electron chi connectivity index (χ4n) is 2.30. The average molecular weight is 326 g/mol. The Hall–Kier alpha value is -1.41. The standard InChI is InChI=1S/C14H12ClNO4S/c1-9-6-7-12(16)11-8-10-4-2-3-5-13(10)21(14(9)11)20-15(17,18)19/h2-8H,16H2,1H3. The smallest absolute Gasteiger partial charge is 0.148 e. The minimum Gasteiger partial charge on any atom is -0.398 e. The normalized spacial score (nSPS) is 16.9. The van der Waals surface area contributed by atoms with Crippen molar-refractivity contribution in [1.82, 2.24) is 0 Å². The number of nitrogens with two attached hydrogens (primary N) is 1. The van der Waals surface area contributed by atoms with Crippen molar-refractivity contribution in [3.63, 3.8) is 0 Å². The fourth-order valence-corrected chi connectivity index (χ4v) is 4.94. The molecule has 0 saturated heterocycles. The molecular weight excluding hydrogens is 314 g/mol. The van der Waals surface area contributed by atoms with Crippen LogP contribution in [-0.4, -0.2) is 0 Å². The molecule has 5 nitrogen and oxygen atoms in total. The van der Waals surface area contributed by atoms with Crippen LogP contribution < -0.4 is 24.9 Å². The van der Waals surface area contributed by atoms with E-state index in [9.17, 15) is 14.0 Å². The van der Waals surface area contributed by atoms with Gasteiger partial charge < -0.3 is 5.73 Å². The minimum atomic E-state index is -4.54. The van der Waals surface area contributed by atoms with E-state index in [0.717, 1.165) is 11.1 Å². The van der Waals surface area contributed by atoms with Gasteiger partial charge in [0.2, 0.25) is 0 Å². The first-order valence-electron chi connectivity index (χ1n) is 6.05. The molecule has 7 heteroatoms. The number of aryl methyl sites for hydroxylation is 1. The van der Waals surface area contributed by atoms with Crippen LogP contribution in [-0.2, 0) is 3.74 Å². The SMILES string of the molecule is Cc1ccc(N)c2c1=S(O[Cl+3]([O-])([O-])[O-])c1ccccc1C=2. The highest BCUT2D eigenvalue weighted by Crippen LogP contribution is 2.38. The Bertz CT molecular complexity index is 845. The summed E-state index contributed by atoms with van der Waals surface area (Å²) in [5, 5.41) is 0.705. The first-order valence-corrected chi connectivity index (χ1v) is 8.43. The Kier molecular flexibility index (Phi) is 3.53. The first-order chi connectivity index (χ1) is 9.87. The second kappa shape index (κ2) is 5.10. The predicted molar refractivity (Wildman–Crippen MR) is 71.0 cm³/mol. The molecule has 0 radical (unpaired) electrons. The summed E-state index contributed by atoms with van der Waals surface area (Å²) < 4.78 is 38.7. The Morgan fingerprint density at radius 1 is 1.10 bits per heavy atom. The van der Waals surface area contributed by atoms with E-state index < -0.39 is 21.0 Å². The topological polar surface area (TPSA) is 104 Å². The van der Waals surface area contributed by atoms with Gasteiger partial charge in [0.05, 0.1) is 19.6 Å². The van der Waals surface area contributed by atoms with E-state index >= 15 is 0 Å². The van der Waals surface area contributed by atoms with Crippen molar-refractivity contribution in [1.29, 1.82) is 0 Å². The lowest BCUT2D eigenvalue weighted by Crippen LogP contribution is -2.60. The predicted octanol–water partition coefficient (Wildman–Crippen LogP) is -0.873. The summed E-state index contributed by atoms with van der Waals surface area (Å²) in [6.07, 6.45) is 1.88. The van der Waals surface area contributed by atoms with E-state index in [-0.39, 0.29) is 0 Å². The van der Waals surface area contributed by atoms with Gasteiger partial charge in [-0.2, -0.15) is 14.0 Å². The van der Waals surface area contributed by atoms with Crippen molar-refractivity contribution >= 4 is 22.5 Å². The zero-order valence-corrected chi connectivity index (χ0v) is 12.6. The molecule has 1 aliphatic heterocycles. The minimum absolute atomic E-state index is 0.520. The molecule has 0 fully saturated rings. The van der Waals surface area contributed by atoms with E-state index in [1.165, 1.54) is 0 Å². The molecular formula is C14H12ClNO4S. The molecule has 0 saturated carbocycles. The largest absolute Gasteiger partial charge is 0.398 e. The van der Waals surface area contributed by atoms with Gasteiger partial charge in [-0.15, -0.1) is 0 Å². The van der Waals surface area contributed by atoms with Crippen molar-refractivity contribution in [2.45, 2.75) is 11.8 Å². The van der Waals surface area contributed by atoms with E-state index in [0.29, 0.717) is 20.3 Å². The number of anilines is 1. The molecule has 1 unspecified atom stereocenters. The molecule has 3 rings (SSSR count). The van der Waals surface area contributed by atoms with Gasteiger partial charge in [-0.05, 0) is 36.3 Å². The lowest BCUT2D eigenvalue weighted by molar-refractivity contribution is -1.91. The van der Waals surface area contributed by atoms with Gasteiger partial charge in [-0.1, -0.05) is 24.3 Å². The van der Waals surface area contributed by atoms with Gasteiger partial charge in [0, 0.05) is 10.9 Å². The summed E-state index contributed by atoms with van der Waals surface area (Å²) in [6.45, 7) is 1.83. The molecule has 0 aliphatic carbocycles. The van der Waals surface area contributed by atoms with E-state index in [1.54, 1.807) is 24.3 Å². The maximum absolute atomic E-state index is 11.1. The molecule has 0 bridgehead atoms. The molecule has 21 heavy (non-hydrogen) atoms. The third-order valence-electron chi connectivity index (χ3n) is 3.17. The van der Waals surface area contributed by atoms with Crippen LogP contribution in [0.1, 0.15) is 11.1 Å². The van der Waals surface area contributed by atoms with Crippen molar-refractivity contribution < 1.29 is 28.0 Å². The second-order valence-electron chi connectivity index (χ2n) is 4.61. The third kappa shape index (κ3) is 2.69. The monoisotopic (exact) mass is 325 g/mol. The quantitative estimate of drug-likeness (QED) is 0.571. The molecule has 0 spiro atoms. The highest BCUT2D eigenvalue weighted by atomic mass is 35.7. The third-order valence-corrected chi connectivity index (χ3v) is 5.98. The fraction of sp³-hybridized carbons (Fsp3) is 0.0714. The van der Waals surface area contributed by atoms with Gasteiger partial charge in [-0.3, -0.25) is 0 Å². The highest BCUT2D eigenvalue weighted by Gasteiger charge is 2.28. The summed E-state index contributed by atoms with van der Waals surface area (Å²) in [4.78, 5) is 0.658. The number of fused-ring (bicyclic) bond motifs is 2. The van der Waals surface area contributed by atoms with Crippen LogP contribution in [0.15, 0.2) is 41.3 Å². The average Bonchev–Trinajstić information content (AvgIpc) is 2.41. The van der Waals surface area contributed by atoms with Crippen molar-refractivity contribution in [3.05, 3.63) is 57.3 Å². The van der Waals surface area contributed by atoms with Crippen LogP contribution >= 0.6 is 10.8 Å². The molecule has 1 aliphatic rings. The molecule has 2 aromatic rings. The number of benzene rings is 2. The van der Waals surface area contributed by atoms with Crippen molar-refractivity contribution in [2.75, 3.05) is 5.73 Å². The molecule has 2 aromatic carbocycles. The van der Waals surface area contributed by atoms with Crippen molar-refractivity contribution in [3.8, 4) is 0 Å². The van der Waals surface area contributed by atoms with Crippen molar-refractivity contribution in [2.24, 2.45) is 0 Å². The Morgan fingerprint density at radius 3 is 2.52 bits per heavy atom. The van der Waals surface area contributed by atoms with Crippen LogP contribution in [0.2, 0.25) is 0 Å². The Labute approximate surface area is 125 Å². The lowest BCUT2D eigenvalue weighted by Gasteiger charge is -2.18. The number of halogens is 1. The summed E-state index contributed by atoms with van der Waals surface area (Å²) in [5.74, 6) is 0. The van der Waals surface area contributed by atoms with Crippen LogP contribution in [0.5, 0.6) is 0 Å². The Balaban J connectivity index is 2.45. The maximum Gasteiger partial charge on any atom is 0.148 e. The molecule has 110 valence electrons. The Morgan fingerprint density at radius 2 is 1.81 bits per heavy atom. The van der Waals surface area contributed by atoms with E-state index in [2.05, 4.69) is 0 Å². The summed E-state index contributed by atoms with van der Waals surface area (Å²) in [5.41, 5.74) is 8.12. The van der Waals surface area contributed by atoms with Crippen LogP contribution in [0.3, 0.4) is 0 Å². The van der Waals surface area contributed by atoms with Gasteiger partial charge in [-0.25, -0.2) is 0 Å². The van der Waals surface area contributed by atoms with Gasteiger partial charge in [0.25, 0.3) is 0 Å². The highest BCUT2D eigenvalue weighted by molar-refractivity contribution is 8.05. The molecule has 0 aromatic heterocycles. The van der Waals surface area contributed by atoms with E-state index in [4.69, 9.17) is 9.47 Å². The number of hydrogen-bond donors (Lipinski definition) is 1. The van der Waals surface area contributed by atoms with Gasteiger partial charge in [0.15, 0.2) is 0 Å². The molecule has 1 heterocycles. The second-order valence-corrected chi connectivity index (χ2v) is 7.25. The van der Waals surface area contributed by atoms with E-state index in [1.807, 2.05) is 25.1 Å². The number of rotatable bonds is 2. The zero-order valence-electron chi connectivity index (χ0n) is 11.0. The molecule has 0 amide bonds.